The van der Waals surface area contributed by atoms with E-state index in [1.54, 1.807) is 6.20 Å². The standard InChI is InChI=1S/C11H19N3O/c1-8(2)14(4-5-15)11-10(12)6-9(3)7-13-11/h6-8,15H,4-5,12H2,1-3H3. The zero-order valence-corrected chi connectivity index (χ0v) is 9.57. The number of aromatic nitrogens is 1. The first-order chi connectivity index (χ1) is 7.06. The molecule has 4 nitrogen and oxygen atoms in total. The highest BCUT2D eigenvalue weighted by molar-refractivity contribution is 5.63. The first-order valence-corrected chi connectivity index (χ1v) is 5.16. The van der Waals surface area contributed by atoms with Crippen molar-refractivity contribution in [3.05, 3.63) is 17.8 Å². The van der Waals surface area contributed by atoms with Crippen LogP contribution in [0.15, 0.2) is 12.3 Å². The van der Waals surface area contributed by atoms with Crippen LogP contribution in [0, 0.1) is 6.92 Å². The second kappa shape index (κ2) is 4.98. The third-order valence-electron chi connectivity index (χ3n) is 2.27. The summed E-state index contributed by atoms with van der Waals surface area (Å²) < 4.78 is 0. The third-order valence-corrected chi connectivity index (χ3v) is 2.27. The van der Waals surface area contributed by atoms with Crippen LogP contribution >= 0.6 is 0 Å². The van der Waals surface area contributed by atoms with Gasteiger partial charge in [0.2, 0.25) is 0 Å². The lowest BCUT2D eigenvalue weighted by molar-refractivity contribution is 0.298. The summed E-state index contributed by atoms with van der Waals surface area (Å²) in [6.45, 7) is 6.72. The van der Waals surface area contributed by atoms with E-state index in [1.807, 2.05) is 17.9 Å². The van der Waals surface area contributed by atoms with Gasteiger partial charge in [-0.3, -0.25) is 0 Å². The minimum atomic E-state index is 0.104. The van der Waals surface area contributed by atoms with Gasteiger partial charge in [-0.1, -0.05) is 0 Å². The maximum absolute atomic E-state index is 8.98. The maximum Gasteiger partial charge on any atom is 0.152 e. The summed E-state index contributed by atoms with van der Waals surface area (Å²) in [5.41, 5.74) is 7.61. The Kier molecular flexibility index (Phi) is 3.91. The van der Waals surface area contributed by atoms with Gasteiger partial charge >= 0.3 is 0 Å². The molecule has 84 valence electrons. The second-order valence-electron chi connectivity index (χ2n) is 3.94. The number of nitrogens with two attached hydrogens (primary N) is 1. The Labute approximate surface area is 90.7 Å². The summed E-state index contributed by atoms with van der Waals surface area (Å²) in [4.78, 5) is 6.30. The van der Waals surface area contributed by atoms with Gasteiger partial charge in [0, 0.05) is 18.8 Å². The van der Waals surface area contributed by atoms with Crippen LogP contribution in [0.25, 0.3) is 0 Å². The van der Waals surface area contributed by atoms with Gasteiger partial charge in [-0.2, -0.15) is 0 Å². The summed E-state index contributed by atoms with van der Waals surface area (Å²) in [5, 5.41) is 8.98. The molecular weight excluding hydrogens is 190 g/mol. The van der Waals surface area contributed by atoms with Crippen molar-refractivity contribution in [1.82, 2.24) is 4.98 Å². The van der Waals surface area contributed by atoms with Crippen LogP contribution in [0.2, 0.25) is 0 Å². The number of nitrogen functional groups attached to an aromatic ring is 1. The van der Waals surface area contributed by atoms with Gasteiger partial charge < -0.3 is 15.7 Å². The molecule has 4 heteroatoms. The van der Waals surface area contributed by atoms with E-state index in [0.29, 0.717) is 12.2 Å². The molecule has 1 aromatic heterocycles. The van der Waals surface area contributed by atoms with Crippen molar-refractivity contribution in [2.75, 3.05) is 23.8 Å². The Bertz CT molecular complexity index is 326. The molecule has 15 heavy (non-hydrogen) atoms. The fourth-order valence-electron chi connectivity index (χ4n) is 1.54. The molecule has 0 unspecified atom stereocenters. The topological polar surface area (TPSA) is 62.4 Å². The van der Waals surface area contributed by atoms with Crippen LogP contribution in [0.4, 0.5) is 11.5 Å². The Morgan fingerprint density at radius 2 is 2.20 bits per heavy atom. The fraction of sp³-hybridized carbons (Fsp3) is 0.545. The summed E-state index contributed by atoms with van der Waals surface area (Å²) in [5.74, 6) is 0.754. The normalized spacial score (nSPS) is 10.7. The van der Waals surface area contributed by atoms with E-state index in [1.165, 1.54) is 0 Å². The molecule has 0 aliphatic rings. The van der Waals surface area contributed by atoms with E-state index in [4.69, 9.17) is 10.8 Å². The van der Waals surface area contributed by atoms with E-state index in [2.05, 4.69) is 18.8 Å². The van der Waals surface area contributed by atoms with Gasteiger partial charge in [0.15, 0.2) is 5.82 Å². The van der Waals surface area contributed by atoms with E-state index in [9.17, 15) is 0 Å². The molecule has 0 radical (unpaired) electrons. The number of nitrogens with zero attached hydrogens (tertiary/aromatic N) is 2. The molecule has 1 rings (SSSR count). The van der Waals surface area contributed by atoms with Crippen molar-refractivity contribution in [1.29, 1.82) is 0 Å². The minimum absolute atomic E-state index is 0.104. The van der Waals surface area contributed by atoms with Crippen molar-refractivity contribution in [3.8, 4) is 0 Å². The van der Waals surface area contributed by atoms with E-state index in [-0.39, 0.29) is 12.6 Å². The lowest BCUT2D eigenvalue weighted by Crippen LogP contribution is -2.34. The molecule has 0 saturated carbocycles. The highest BCUT2D eigenvalue weighted by Crippen LogP contribution is 2.22. The molecule has 0 aliphatic heterocycles. The lowest BCUT2D eigenvalue weighted by atomic mass is 10.2. The molecule has 0 atom stereocenters. The Hall–Kier alpha value is -1.29. The van der Waals surface area contributed by atoms with Gasteiger partial charge in [-0.15, -0.1) is 0 Å². The lowest BCUT2D eigenvalue weighted by Gasteiger charge is -2.28. The molecule has 0 saturated heterocycles. The van der Waals surface area contributed by atoms with Gasteiger partial charge in [-0.05, 0) is 32.4 Å². The zero-order chi connectivity index (χ0) is 11.4. The van der Waals surface area contributed by atoms with Crippen LogP contribution in [-0.4, -0.2) is 29.3 Å². The summed E-state index contributed by atoms with van der Waals surface area (Å²) in [6, 6.07) is 2.17. The number of aliphatic hydroxyl groups is 1. The number of hydrogen-bond donors (Lipinski definition) is 2. The summed E-state index contributed by atoms with van der Waals surface area (Å²) in [6.07, 6.45) is 1.79. The van der Waals surface area contributed by atoms with Crippen molar-refractivity contribution in [3.63, 3.8) is 0 Å². The number of hydrogen-bond acceptors (Lipinski definition) is 4. The Morgan fingerprint density at radius 1 is 1.53 bits per heavy atom. The van der Waals surface area contributed by atoms with Crippen molar-refractivity contribution in [2.24, 2.45) is 0 Å². The molecule has 0 aromatic carbocycles. The quantitative estimate of drug-likeness (QED) is 0.781. The molecule has 0 aliphatic carbocycles. The Balaban J connectivity index is 3.00. The average Bonchev–Trinajstić information content (AvgIpc) is 2.15. The monoisotopic (exact) mass is 209 g/mol. The first kappa shape index (κ1) is 11.8. The predicted octanol–water partition coefficient (Wildman–Crippen LogP) is 1.18. The van der Waals surface area contributed by atoms with Gasteiger partial charge in [0.05, 0.1) is 12.3 Å². The van der Waals surface area contributed by atoms with Gasteiger partial charge in [0.25, 0.3) is 0 Å². The molecule has 1 aromatic rings. The zero-order valence-electron chi connectivity index (χ0n) is 9.57. The number of anilines is 2. The molecule has 0 spiro atoms. The fourth-order valence-corrected chi connectivity index (χ4v) is 1.54. The van der Waals surface area contributed by atoms with Crippen LogP contribution in [0.3, 0.4) is 0 Å². The predicted molar refractivity (Wildman–Crippen MR) is 63.0 cm³/mol. The maximum atomic E-state index is 8.98. The molecule has 1 heterocycles. The molecule has 0 amide bonds. The van der Waals surface area contributed by atoms with E-state index >= 15 is 0 Å². The minimum Gasteiger partial charge on any atom is -0.396 e. The first-order valence-electron chi connectivity index (χ1n) is 5.16. The summed E-state index contributed by atoms with van der Waals surface area (Å²) >= 11 is 0. The van der Waals surface area contributed by atoms with Crippen LogP contribution in [0.5, 0.6) is 0 Å². The number of aryl methyl sites for hydroxylation is 1. The van der Waals surface area contributed by atoms with Crippen molar-refractivity contribution >= 4 is 11.5 Å². The van der Waals surface area contributed by atoms with Gasteiger partial charge in [0.1, 0.15) is 0 Å². The molecule has 0 fully saturated rings. The van der Waals surface area contributed by atoms with E-state index in [0.717, 1.165) is 11.4 Å². The van der Waals surface area contributed by atoms with Gasteiger partial charge in [-0.25, -0.2) is 4.98 Å². The van der Waals surface area contributed by atoms with Crippen molar-refractivity contribution < 1.29 is 5.11 Å². The van der Waals surface area contributed by atoms with E-state index < -0.39 is 0 Å². The molecular formula is C11H19N3O. The van der Waals surface area contributed by atoms with Crippen LogP contribution in [0.1, 0.15) is 19.4 Å². The SMILES string of the molecule is Cc1cnc(N(CCO)C(C)C)c(N)c1. The Morgan fingerprint density at radius 3 is 2.67 bits per heavy atom. The van der Waals surface area contributed by atoms with Crippen LogP contribution < -0.4 is 10.6 Å². The highest BCUT2D eigenvalue weighted by atomic mass is 16.3. The number of pyridine rings is 1. The third kappa shape index (κ3) is 2.83. The summed E-state index contributed by atoms with van der Waals surface area (Å²) in [7, 11) is 0. The highest BCUT2D eigenvalue weighted by Gasteiger charge is 2.13. The number of aliphatic hydroxyl groups excluding tert-OH is 1. The largest absolute Gasteiger partial charge is 0.396 e. The van der Waals surface area contributed by atoms with Crippen molar-refractivity contribution in [2.45, 2.75) is 26.8 Å². The second-order valence-corrected chi connectivity index (χ2v) is 3.94. The number of rotatable bonds is 4. The molecule has 3 N–H and O–H groups in total. The van der Waals surface area contributed by atoms with Crippen LogP contribution in [-0.2, 0) is 0 Å². The smallest absolute Gasteiger partial charge is 0.152 e. The average molecular weight is 209 g/mol. The molecule has 0 bridgehead atoms.